The fourth-order valence-corrected chi connectivity index (χ4v) is 3.32. The molecule has 1 N–H and O–H groups in total. The minimum atomic E-state index is -0.496. The van der Waals surface area contributed by atoms with Crippen molar-refractivity contribution in [3.05, 3.63) is 71.1 Å². The molecule has 0 atom stereocenters. The van der Waals surface area contributed by atoms with Crippen molar-refractivity contribution in [2.24, 2.45) is 5.41 Å². The predicted molar refractivity (Wildman–Crippen MR) is 122 cm³/mol. The Labute approximate surface area is 184 Å². The zero-order valence-electron chi connectivity index (χ0n) is 17.7. The number of aryl methyl sites for hydroxylation is 1. The Hall–Kier alpha value is -3.25. The first-order valence-electron chi connectivity index (χ1n) is 9.87. The Bertz CT molecular complexity index is 1310. The van der Waals surface area contributed by atoms with Gasteiger partial charge in [-0.25, -0.2) is 13.9 Å². The van der Waals surface area contributed by atoms with E-state index in [0.29, 0.717) is 22.6 Å². The van der Waals surface area contributed by atoms with Crippen LogP contribution in [0.15, 0.2) is 54.7 Å². The molecule has 4 rings (SSSR count). The first-order valence-corrected chi connectivity index (χ1v) is 10.2. The molecule has 0 aliphatic carbocycles. The van der Waals surface area contributed by atoms with Crippen LogP contribution < -0.4 is 5.32 Å². The van der Waals surface area contributed by atoms with Crippen molar-refractivity contribution in [3.63, 3.8) is 0 Å². The maximum Gasteiger partial charge on any atom is 0.229 e. The second-order valence-electron chi connectivity index (χ2n) is 8.48. The molecule has 0 radical (unpaired) electrons. The minimum Gasteiger partial charge on any atom is -0.325 e. The number of aromatic nitrogens is 3. The smallest absolute Gasteiger partial charge is 0.229 e. The number of benzene rings is 2. The standard InChI is InChI=1S/C24H22ClFN4O/c1-14-8-9-15(12-19(14)28-23(31)24(2,3)4)20-13-30-21(27-20)11-10-18(29-30)16-6-5-7-17(26)22(16)25/h5-13H,1-4H3,(H,28,31). The Morgan fingerprint density at radius 3 is 2.61 bits per heavy atom. The topological polar surface area (TPSA) is 59.3 Å². The van der Waals surface area contributed by atoms with Crippen LogP contribution in [-0.2, 0) is 4.79 Å². The molecule has 2 heterocycles. The molecule has 0 fully saturated rings. The molecule has 31 heavy (non-hydrogen) atoms. The summed E-state index contributed by atoms with van der Waals surface area (Å²) < 4.78 is 15.5. The molecule has 7 heteroatoms. The fraction of sp³-hybridized carbons (Fsp3) is 0.208. The number of imidazole rings is 1. The summed E-state index contributed by atoms with van der Waals surface area (Å²) in [6.07, 6.45) is 1.80. The van der Waals surface area contributed by atoms with Gasteiger partial charge < -0.3 is 5.32 Å². The molecule has 0 unspecified atom stereocenters. The summed E-state index contributed by atoms with van der Waals surface area (Å²) in [7, 11) is 0. The van der Waals surface area contributed by atoms with Gasteiger partial charge in [0.1, 0.15) is 5.82 Å². The van der Waals surface area contributed by atoms with Crippen LogP contribution in [0, 0.1) is 18.2 Å². The summed E-state index contributed by atoms with van der Waals surface area (Å²) >= 11 is 6.11. The SMILES string of the molecule is Cc1ccc(-c2cn3nc(-c4cccc(F)c4Cl)ccc3n2)cc1NC(=O)C(C)(C)C. The van der Waals surface area contributed by atoms with Crippen molar-refractivity contribution in [1.82, 2.24) is 14.6 Å². The van der Waals surface area contributed by atoms with Crippen LogP contribution in [-0.4, -0.2) is 20.5 Å². The lowest BCUT2D eigenvalue weighted by molar-refractivity contribution is -0.123. The van der Waals surface area contributed by atoms with E-state index in [1.54, 1.807) is 28.9 Å². The number of fused-ring (bicyclic) bond motifs is 1. The van der Waals surface area contributed by atoms with Gasteiger partial charge in [-0.1, -0.05) is 56.6 Å². The number of amides is 1. The summed E-state index contributed by atoms with van der Waals surface area (Å²) in [4.78, 5) is 17.1. The number of nitrogens with zero attached hydrogens (tertiary/aromatic N) is 3. The lowest BCUT2D eigenvalue weighted by Gasteiger charge is -2.19. The summed E-state index contributed by atoms with van der Waals surface area (Å²) in [5.74, 6) is -0.544. The molecule has 0 aliphatic heterocycles. The summed E-state index contributed by atoms with van der Waals surface area (Å²) in [6, 6.07) is 14.0. The zero-order chi connectivity index (χ0) is 22.3. The zero-order valence-corrected chi connectivity index (χ0v) is 18.5. The maximum absolute atomic E-state index is 13.8. The van der Waals surface area contributed by atoms with E-state index in [1.165, 1.54) is 6.07 Å². The minimum absolute atomic E-state index is 0.0347. The van der Waals surface area contributed by atoms with Gasteiger partial charge in [-0.3, -0.25) is 4.79 Å². The third-order valence-corrected chi connectivity index (χ3v) is 5.39. The van der Waals surface area contributed by atoms with Crippen molar-refractivity contribution in [3.8, 4) is 22.5 Å². The van der Waals surface area contributed by atoms with Gasteiger partial charge in [0.25, 0.3) is 0 Å². The van der Waals surface area contributed by atoms with Crippen LogP contribution in [0.1, 0.15) is 26.3 Å². The fourth-order valence-electron chi connectivity index (χ4n) is 3.09. The van der Waals surface area contributed by atoms with E-state index < -0.39 is 11.2 Å². The van der Waals surface area contributed by atoms with E-state index in [-0.39, 0.29) is 10.9 Å². The number of carbonyl (C=O) groups excluding carboxylic acids is 1. The Morgan fingerprint density at radius 2 is 1.87 bits per heavy atom. The van der Waals surface area contributed by atoms with Crippen molar-refractivity contribution in [2.75, 3.05) is 5.32 Å². The largest absolute Gasteiger partial charge is 0.325 e. The van der Waals surface area contributed by atoms with Gasteiger partial charge in [-0.05, 0) is 36.8 Å². The molecular formula is C24H22ClFN4O. The third kappa shape index (κ3) is 4.16. The monoisotopic (exact) mass is 436 g/mol. The highest BCUT2D eigenvalue weighted by Gasteiger charge is 2.22. The molecule has 2 aromatic heterocycles. The highest BCUT2D eigenvalue weighted by molar-refractivity contribution is 6.33. The van der Waals surface area contributed by atoms with E-state index in [2.05, 4.69) is 15.4 Å². The van der Waals surface area contributed by atoms with Gasteiger partial charge in [0.05, 0.1) is 22.6 Å². The molecule has 158 valence electrons. The average Bonchev–Trinajstić information content (AvgIpc) is 3.14. The Morgan fingerprint density at radius 1 is 1.10 bits per heavy atom. The normalized spacial score (nSPS) is 11.7. The van der Waals surface area contributed by atoms with Crippen molar-refractivity contribution in [1.29, 1.82) is 0 Å². The molecule has 0 saturated heterocycles. The van der Waals surface area contributed by atoms with Crippen LogP contribution in [0.5, 0.6) is 0 Å². The van der Waals surface area contributed by atoms with Crippen molar-refractivity contribution < 1.29 is 9.18 Å². The quantitative estimate of drug-likeness (QED) is 0.419. The maximum atomic E-state index is 13.8. The molecule has 0 spiro atoms. The average molecular weight is 437 g/mol. The van der Waals surface area contributed by atoms with E-state index in [4.69, 9.17) is 11.6 Å². The van der Waals surface area contributed by atoms with Crippen molar-refractivity contribution >= 4 is 28.8 Å². The molecule has 1 amide bonds. The van der Waals surface area contributed by atoms with E-state index in [1.807, 2.05) is 52.0 Å². The van der Waals surface area contributed by atoms with Crippen LogP contribution in [0.25, 0.3) is 28.2 Å². The van der Waals surface area contributed by atoms with Gasteiger partial charge in [0.15, 0.2) is 5.65 Å². The molecule has 2 aromatic carbocycles. The lowest BCUT2D eigenvalue weighted by atomic mass is 9.95. The number of carbonyl (C=O) groups is 1. The Balaban J connectivity index is 1.71. The predicted octanol–water partition coefficient (Wildman–Crippen LogP) is 6.15. The van der Waals surface area contributed by atoms with Gasteiger partial charge >= 0.3 is 0 Å². The second kappa shape index (κ2) is 7.78. The number of rotatable bonds is 3. The van der Waals surface area contributed by atoms with Crippen LogP contribution in [0.3, 0.4) is 0 Å². The highest BCUT2D eigenvalue weighted by Crippen LogP contribution is 2.30. The number of anilines is 1. The molecule has 0 bridgehead atoms. The van der Waals surface area contributed by atoms with Crippen LogP contribution >= 0.6 is 11.6 Å². The number of hydrogen-bond donors (Lipinski definition) is 1. The molecule has 0 saturated carbocycles. The van der Waals surface area contributed by atoms with E-state index in [9.17, 15) is 9.18 Å². The molecular weight excluding hydrogens is 415 g/mol. The van der Waals surface area contributed by atoms with Crippen LogP contribution in [0.4, 0.5) is 10.1 Å². The van der Waals surface area contributed by atoms with Gasteiger partial charge in [-0.2, -0.15) is 5.10 Å². The summed E-state index contributed by atoms with van der Waals surface area (Å²) in [6.45, 7) is 7.57. The van der Waals surface area contributed by atoms with E-state index >= 15 is 0 Å². The number of halogens is 2. The first kappa shape index (κ1) is 21.0. The summed E-state index contributed by atoms with van der Waals surface area (Å²) in [5, 5.41) is 7.58. The van der Waals surface area contributed by atoms with Crippen LogP contribution in [0.2, 0.25) is 5.02 Å². The number of nitrogens with one attached hydrogen (secondary N) is 1. The summed E-state index contributed by atoms with van der Waals surface area (Å²) in [5.41, 5.74) is 4.48. The molecule has 0 aliphatic rings. The highest BCUT2D eigenvalue weighted by atomic mass is 35.5. The molecule has 4 aromatic rings. The second-order valence-corrected chi connectivity index (χ2v) is 8.86. The third-order valence-electron chi connectivity index (χ3n) is 5.01. The first-order chi connectivity index (χ1) is 14.6. The number of hydrogen-bond acceptors (Lipinski definition) is 3. The van der Waals surface area contributed by atoms with Gasteiger partial charge in [-0.15, -0.1) is 0 Å². The lowest BCUT2D eigenvalue weighted by Crippen LogP contribution is -2.27. The van der Waals surface area contributed by atoms with E-state index in [0.717, 1.165) is 16.8 Å². The molecule has 5 nitrogen and oxygen atoms in total. The van der Waals surface area contributed by atoms with Gasteiger partial charge in [0, 0.05) is 22.2 Å². The van der Waals surface area contributed by atoms with Crippen molar-refractivity contribution in [2.45, 2.75) is 27.7 Å². The Kier molecular flexibility index (Phi) is 5.27. The van der Waals surface area contributed by atoms with Gasteiger partial charge in [0.2, 0.25) is 5.91 Å².